The van der Waals surface area contributed by atoms with Gasteiger partial charge in [-0.2, -0.15) is 0 Å². The molecule has 0 radical (unpaired) electrons. The van der Waals surface area contributed by atoms with Crippen LogP contribution < -0.4 is 9.64 Å². The zero-order valence-corrected chi connectivity index (χ0v) is 16.4. The van der Waals surface area contributed by atoms with E-state index < -0.39 is 5.97 Å². The molecule has 29 heavy (non-hydrogen) atoms. The van der Waals surface area contributed by atoms with Crippen LogP contribution in [0.5, 0.6) is 5.75 Å². The first-order valence-corrected chi connectivity index (χ1v) is 9.34. The molecule has 6 heteroatoms. The lowest BCUT2D eigenvalue weighted by atomic mass is 10.2. The van der Waals surface area contributed by atoms with Crippen molar-refractivity contribution in [2.45, 2.75) is 26.5 Å². The molecule has 2 aromatic carbocycles. The van der Waals surface area contributed by atoms with Crippen LogP contribution in [0.15, 0.2) is 77.4 Å². The van der Waals surface area contributed by atoms with Crippen LogP contribution in [0.2, 0.25) is 0 Å². The number of anilines is 1. The second kappa shape index (κ2) is 9.59. The Hall–Kier alpha value is -3.54. The Kier molecular flexibility index (Phi) is 6.68. The van der Waals surface area contributed by atoms with Gasteiger partial charge in [0.2, 0.25) is 5.76 Å². The van der Waals surface area contributed by atoms with Crippen LogP contribution in [-0.4, -0.2) is 24.5 Å². The zero-order chi connectivity index (χ0) is 20.6. The Morgan fingerprint density at radius 1 is 0.966 bits per heavy atom. The molecule has 3 aromatic rings. The molecule has 1 aromatic heterocycles. The van der Waals surface area contributed by atoms with Crippen molar-refractivity contribution in [3.8, 4) is 5.75 Å². The topological polar surface area (TPSA) is 69.0 Å². The summed E-state index contributed by atoms with van der Waals surface area (Å²) in [4.78, 5) is 26.7. The van der Waals surface area contributed by atoms with Crippen molar-refractivity contribution in [3.05, 3.63) is 84.3 Å². The number of para-hydroxylation sites is 2. The molecular weight excluding hydrogens is 370 g/mol. The number of nitrogens with zero attached hydrogens (tertiary/aromatic N) is 1. The standard InChI is InChI=1S/C23H23NO5/c1-17(2)24(19-9-5-3-6-10-19)21(25)16-29-23(26)22-18(13-14-27-22)15-28-20-11-7-4-8-12-20/h3-14,17H,15-16H2,1-2H3. The Balaban J connectivity index is 1.60. The van der Waals surface area contributed by atoms with Gasteiger partial charge in [-0.1, -0.05) is 36.4 Å². The Bertz CT molecular complexity index is 934. The van der Waals surface area contributed by atoms with Gasteiger partial charge in [-0.25, -0.2) is 4.79 Å². The minimum Gasteiger partial charge on any atom is -0.489 e. The summed E-state index contributed by atoms with van der Waals surface area (Å²) in [7, 11) is 0. The third-order valence-corrected chi connectivity index (χ3v) is 4.22. The van der Waals surface area contributed by atoms with Gasteiger partial charge in [-0.15, -0.1) is 0 Å². The molecule has 1 heterocycles. The van der Waals surface area contributed by atoms with E-state index >= 15 is 0 Å². The minimum absolute atomic E-state index is 0.0320. The molecule has 0 spiro atoms. The number of amides is 1. The summed E-state index contributed by atoms with van der Waals surface area (Å²) in [6, 6.07) is 20.1. The van der Waals surface area contributed by atoms with Crippen LogP contribution in [0.4, 0.5) is 5.69 Å². The van der Waals surface area contributed by atoms with Gasteiger partial charge in [-0.3, -0.25) is 4.79 Å². The van der Waals surface area contributed by atoms with Crippen molar-refractivity contribution in [1.29, 1.82) is 0 Å². The molecule has 6 nitrogen and oxygen atoms in total. The molecule has 0 aliphatic rings. The fraction of sp³-hybridized carbons (Fsp3) is 0.217. The lowest BCUT2D eigenvalue weighted by molar-refractivity contribution is -0.122. The molecule has 0 N–H and O–H groups in total. The Labute approximate surface area is 169 Å². The lowest BCUT2D eigenvalue weighted by Crippen LogP contribution is -2.39. The summed E-state index contributed by atoms with van der Waals surface area (Å²) in [5, 5.41) is 0. The van der Waals surface area contributed by atoms with Crippen molar-refractivity contribution in [2.24, 2.45) is 0 Å². The molecule has 0 saturated carbocycles. The SMILES string of the molecule is CC(C)N(C(=O)COC(=O)c1occc1COc1ccccc1)c1ccccc1. The first kappa shape index (κ1) is 20.2. The molecule has 0 atom stereocenters. The number of hydrogen-bond acceptors (Lipinski definition) is 5. The van der Waals surface area contributed by atoms with Crippen molar-refractivity contribution < 1.29 is 23.5 Å². The van der Waals surface area contributed by atoms with Crippen molar-refractivity contribution in [1.82, 2.24) is 0 Å². The van der Waals surface area contributed by atoms with Gasteiger partial charge in [0.15, 0.2) is 6.61 Å². The number of esters is 1. The van der Waals surface area contributed by atoms with Gasteiger partial charge in [0, 0.05) is 17.3 Å². The maximum absolute atomic E-state index is 12.6. The van der Waals surface area contributed by atoms with E-state index in [9.17, 15) is 9.59 Å². The summed E-state index contributed by atoms with van der Waals surface area (Å²) < 4.78 is 16.1. The van der Waals surface area contributed by atoms with Crippen molar-refractivity contribution in [2.75, 3.05) is 11.5 Å². The maximum Gasteiger partial charge on any atom is 0.375 e. The summed E-state index contributed by atoms with van der Waals surface area (Å²) in [5.74, 6) is -0.303. The third-order valence-electron chi connectivity index (χ3n) is 4.22. The van der Waals surface area contributed by atoms with Gasteiger partial charge >= 0.3 is 5.97 Å². The number of rotatable bonds is 8. The summed E-state index contributed by atoms with van der Waals surface area (Å²) in [6.07, 6.45) is 1.40. The van der Waals surface area contributed by atoms with E-state index in [1.54, 1.807) is 11.0 Å². The Morgan fingerprint density at radius 2 is 1.62 bits per heavy atom. The fourth-order valence-corrected chi connectivity index (χ4v) is 2.89. The highest BCUT2D eigenvalue weighted by molar-refractivity contribution is 5.97. The van der Waals surface area contributed by atoms with Crippen LogP contribution in [0.25, 0.3) is 0 Å². The Morgan fingerprint density at radius 3 is 2.28 bits per heavy atom. The quantitative estimate of drug-likeness (QED) is 0.529. The molecule has 0 fully saturated rings. The summed E-state index contributed by atoms with van der Waals surface area (Å²) >= 11 is 0. The van der Waals surface area contributed by atoms with E-state index in [-0.39, 0.29) is 30.9 Å². The molecule has 0 aliphatic heterocycles. The number of furan rings is 1. The highest BCUT2D eigenvalue weighted by Gasteiger charge is 2.23. The number of ether oxygens (including phenoxy) is 2. The van der Waals surface area contributed by atoms with E-state index in [2.05, 4.69) is 0 Å². The van der Waals surface area contributed by atoms with E-state index in [1.807, 2.05) is 74.5 Å². The molecule has 3 rings (SSSR count). The van der Waals surface area contributed by atoms with Crippen molar-refractivity contribution in [3.63, 3.8) is 0 Å². The normalized spacial score (nSPS) is 10.6. The third kappa shape index (κ3) is 5.25. The summed E-state index contributed by atoms with van der Waals surface area (Å²) in [6.45, 7) is 3.57. The summed E-state index contributed by atoms with van der Waals surface area (Å²) in [5.41, 5.74) is 1.30. The van der Waals surface area contributed by atoms with Gasteiger partial charge < -0.3 is 18.8 Å². The predicted molar refractivity (Wildman–Crippen MR) is 109 cm³/mol. The average molecular weight is 393 g/mol. The van der Waals surface area contributed by atoms with Crippen LogP contribution in [-0.2, 0) is 16.1 Å². The lowest BCUT2D eigenvalue weighted by Gasteiger charge is -2.26. The van der Waals surface area contributed by atoms with Gasteiger partial charge in [0.25, 0.3) is 5.91 Å². The number of benzene rings is 2. The van der Waals surface area contributed by atoms with Crippen LogP contribution in [0, 0.1) is 0 Å². The molecule has 150 valence electrons. The van der Waals surface area contributed by atoms with Crippen LogP contribution >= 0.6 is 0 Å². The van der Waals surface area contributed by atoms with Gasteiger partial charge in [-0.05, 0) is 44.2 Å². The smallest absolute Gasteiger partial charge is 0.375 e. The molecule has 0 bridgehead atoms. The van der Waals surface area contributed by atoms with Gasteiger partial charge in [0.1, 0.15) is 12.4 Å². The first-order chi connectivity index (χ1) is 14.1. The second-order valence-corrected chi connectivity index (χ2v) is 6.65. The van der Waals surface area contributed by atoms with Crippen LogP contribution in [0.3, 0.4) is 0 Å². The minimum atomic E-state index is -0.702. The first-order valence-electron chi connectivity index (χ1n) is 9.34. The highest BCUT2D eigenvalue weighted by atomic mass is 16.5. The van der Waals surface area contributed by atoms with E-state index in [4.69, 9.17) is 13.9 Å². The number of hydrogen-bond donors (Lipinski definition) is 0. The predicted octanol–water partition coefficient (Wildman–Crippen LogP) is 4.46. The maximum atomic E-state index is 12.6. The molecular formula is C23H23NO5. The van der Waals surface area contributed by atoms with Crippen LogP contribution in [0.1, 0.15) is 30.0 Å². The number of carbonyl (C=O) groups excluding carboxylic acids is 2. The molecule has 1 amide bonds. The highest BCUT2D eigenvalue weighted by Crippen LogP contribution is 2.19. The molecule has 0 aliphatic carbocycles. The van der Waals surface area contributed by atoms with Gasteiger partial charge in [0.05, 0.1) is 6.26 Å². The monoisotopic (exact) mass is 393 g/mol. The average Bonchev–Trinajstić information content (AvgIpc) is 3.21. The van der Waals surface area contributed by atoms with E-state index in [1.165, 1.54) is 6.26 Å². The molecule has 0 unspecified atom stereocenters. The number of carbonyl (C=O) groups is 2. The molecule has 0 saturated heterocycles. The van der Waals surface area contributed by atoms with Crippen molar-refractivity contribution >= 4 is 17.6 Å². The second-order valence-electron chi connectivity index (χ2n) is 6.65. The van der Waals surface area contributed by atoms with E-state index in [0.29, 0.717) is 11.3 Å². The zero-order valence-electron chi connectivity index (χ0n) is 16.4. The van der Waals surface area contributed by atoms with E-state index in [0.717, 1.165) is 5.69 Å². The largest absolute Gasteiger partial charge is 0.489 e. The fourth-order valence-electron chi connectivity index (χ4n) is 2.89.